The fourth-order valence-corrected chi connectivity index (χ4v) is 5.39. The van der Waals surface area contributed by atoms with E-state index in [2.05, 4.69) is 26.0 Å². The molecule has 1 saturated heterocycles. The number of hydrogen-bond acceptors (Lipinski definition) is 7. The Morgan fingerprint density at radius 3 is 2.65 bits per heavy atom. The highest BCUT2D eigenvalue weighted by molar-refractivity contribution is 9.10. The number of H-pyrrole nitrogens is 1. The topological polar surface area (TPSA) is 132 Å². The second-order valence-electron chi connectivity index (χ2n) is 7.15. The van der Waals surface area contributed by atoms with Gasteiger partial charge < -0.3 is 14.4 Å². The minimum atomic E-state index is -3.84. The Hall–Kier alpha value is -1.46. The van der Waals surface area contributed by atoms with Crippen LogP contribution in [-0.2, 0) is 13.8 Å². The van der Waals surface area contributed by atoms with E-state index in [4.69, 9.17) is 25.4 Å². The maximum atomic E-state index is 13.2. The molecule has 0 aliphatic carbocycles. The van der Waals surface area contributed by atoms with Crippen molar-refractivity contribution in [2.75, 3.05) is 6.61 Å². The minimum Gasteiger partial charge on any atom is -0.413 e. The summed E-state index contributed by atoms with van der Waals surface area (Å²) in [6.07, 6.45) is -2.41. The van der Waals surface area contributed by atoms with E-state index in [1.54, 1.807) is 44.2 Å². The van der Waals surface area contributed by atoms with Crippen molar-refractivity contribution in [1.29, 1.82) is 0 Å². The third kappa shape index (κ3) is 5.67. The smallest absolute Gasteiger partial charge is 0.413 e. The van der Waals surface area contributed by atoms with E-state index in [9.17, 15) is 19.3 Å². The van der Waals surface area contributed by atoms with Gasteiger partial charge in [0.1, 0.15) is 18.0 Å². The summed E-state index contributed by atoms with van der Waals surface area (Å²) in [5, 5.41) is 13.4. The van der Waals surface area contributed by atoms with Gasteiger partial charge in [-0.2, -0.15) is 0 Å². The van der Waals surface area contributed by atoms with Crippen molar-refractivity contribution in [2.45, 2.75) is 42.1 Å². The Kier molecular flexibility index (Phi) is 7.47. The van der Waals surface area contributed by atoms with E-state index in [1.165, 1.54) is 6.20 Å². The largest absolute Gasteiger partial charge is 0.459 e. The van der Waals surface area contributed by atoms with Crippen molar-refractivity contribution >= 4 is 35.3 Å². The summed E-state index contributed by atoms with van der Waals surface area (Å²) in [6.45, 7) is 3.18. The molecule has 31 heavy (non-hydrogen) atoms. The molecule has 2 aromatic rings. The molecule has 1 aromatic carbocycles. The third-order valence-electron chi connectivity index (χ3n) is 4.28. The summed E-state index contributed by atoms with van der Waals surface area (Å²) in [7, 11) is -3.84. The Labute approximate surface area is 191 Å². The molecule has 0 radical (unpaired) electrons. The Balaban J connectivity index is 1.78. The first-order valence-corrected chi connectivity index (χ1v) is 12.0. The van der Waals surface area contributed by atoms with Crippen LogP contribution in [0.25, 0.3) is 0 Å². The van der Waals surface area contributed by atoms with Crippen LogP contribution in [0.4, 0.5) is 0 Å². The molecule has 1 aromatic heterocycles. The molecule has 0 bridgehead atoms. The number of ether oxygens (including phenoxy) is 1. The average molecular weight is 539 g/mol. The summed E-state index contributed by atoms with van der Waals surface area (Å²) < 4.78 is 29.5. The number of alkyl halides is 2. The van der Waals surface area contributed by atoms with Gasteiger partial charge in [-0.15, -0.1) is 0 Å². The summed E-state index contributed by atoms with van der Waals surface area (Å²) in [5.74, 6) is 0.330. The Bertz CT molecular complexity index is 1060. The van der Waals surface area contributed by atoms with Crippen molar-refractivity contribution in [3.05, 3.63) is 63.4 Å². The van der Waals surface area contributed by atoms with Gasteiger partial charge in [-0.1, -0.05) is 45.7 Å². The number of aliphatic hydroxyl groups is 1. The summed E-state index contributed by atoms with van der Waals surface area (Å²) in [6, 6.07) is 9.36. The highest BCUT2D eigenvalue weighted by Crippen LogP contribution is 2.50. The van der Waals surface area contributed by atoms with E-state index >= 15 is 0 Å². The van der Waals surface area contributed by atoms with Crippen LogP contribution in [0.3, 0.4) is 0 Å². The standard InChI is InChI=1S/C18H22BrClN3O7P/c1-11(2)22-31(27,30-12-6-4-3-5-7-12)28-10-13-15(25)18(19,20)16(29-13)23-9-8-14(24)21-17(23)26/h3-9,11,13,15-16,25H,10H2,1-2H3,(H,22,27)(H,21,24,26)/t13-,15-,16-,18+,31?/m1/s1. The molecule has 170 valence electrons. The van der Waals surface area contributed by atoms with Crippen molar-refractivity contribution in [3.8, 4) is 5.75 Å². The monoisotopic (exact) mass is 537 g/mol. The Morgan fingerprint density at radius 2 is 2.03 bits per heavy atom. The van der Waals surface area contributed by atoms with Gasteiger partial charge in [-0.3, -0.25) is 18.9 Å². The molecule has 1 aliphatic rings. The van der Waals surface area contributed by atoms with Crippen LogP contribution in [0.5, 0.6) is 5.75 Å². The van der Waals surface area contributed by atoms with Crippen molar-refractivity contribution < 1.29 is 23.5 Å². The number of nitrogens with zero attached hydrogens (tertiary/aromatic N) is 1. The number of para-hydroxylation sites is 1. The molecule has 13 heteroatoms. The molecule has 10 nitrogen and oxygen atoms in total. The van der Waals surface area contributed by atoms with E-state index in [-0.39, 0.29) is 12.6 Å². The van der Waals surface area contributed by atoms with Gasteiger partial charge >= 0.3 is 13.4 Å². The minimum absolute atomic E-state index is 0.236. The number of aromatic amines is 1. The first-order chi connectivity index (χ1) is 14.5. The number of benzene rings is 1. The van der Waals surface area contributed by atoms with Crippen LogP contribution in [0.2, 0.25) is 0 Å². The van der Waals surface area contributed by atoms with E-state index in [1.807, 2.05) is 0 Å². The fraction of sp³-hybridized carbons (Fsp3) is 0.444. The van der Waals surface area contributed by atoms with Gasteiger partial charge in [-0.25, -0.2) is 14.4 Å². The van der Waals surface area contributed by atoms with Crippen LogP contribution in [0.15, 0.2) is 52.2 Å². The predicted octanol–water partition coefficient (Wildman–Crippen LogP) is 2.33. The molecule has 0 spiro atoms. The van der Waals surface area contributed by atoms with Crippen LogP contribution < -0.4 is 20.9 Å². The molecule has 1 fully saturated rings. The van der Waals surface area contributed by atoms with Crippen LogP contribution >= 0.6 is 35.3 Å². The summed E-state index contributed by atoms with van der Waals surface area (Å²) in [5.41, 5.74) is -1.36. The first-order valence-electron chi connectivity index (χ1n) is 9.31. The molecule has 1 aliphatic heterocycles. The zero-order valence-electron chi connectivity index (χ0n) is 16.6. The van der Waals surface area contributed by atoms with Gasteiger partial charge in [0.25, 0.3) is 5.56 Å². The number of rotatable bonds is 8. The van der Waals surface area contributed by atoms with Gasteiger partial charge in [0.15, 0.2) is 10.0 Å². The number of nitrogens with one attached hydrogen (secondary N) is 2. The molecule has 3 N–H and O–H groups in total. The lowest BCUT2D eigenvalue weighted by Crippen LogP contribution is -2.41. The number of aromatic nitrogens is 2. The lowest BCUT2D eigenvalue weighted by Gasteiger charge is -2.25. The van der Waals surface area contributed by atoms with Crippen molar-refractivity contribution in [1.82, 2.24) is 14.6 Å². The SMILES string of the molecule is CC(C)NP(=O)(OC[C@H]1O[C@@H](n2ccc(=O)[nH]c2=O)[C@](Cl)(Br)[C@@H]1O)Oc1ccccc1. The van der Waals surface area contributed by atoms with Crippen LogP contribution in [0.1, 0.15) is 20.1 Å². The zero-order valence-corrected chi connectivity index (χ0v) is 19.8. The quantitative estimate of drug-likeness (QED) is 0.345. The summed E-state index contributed by atoms with van der Waals surface area (Å²) in [4.78, 5) is 25.5. The van der Waals surface area contributed by atoms with Gasteiger partial charge in [0.05, 0.1) is 6.61 Å². The second-order valence-corrected chi connectivity index (χ2v) is 11.2. The molecular weight excluding hydrogens is 517 g/mol. The van der Waals surface area contributed by atoms with Crippen LogP contribution in [-0.4, -0.2) is 43.3 Å². The zero-order chi connectivity index (χ0) is 22.8. The van der Waals surface area contributed by atoms with Gasteiger partial charge in [-0.05, 0) is 26.0 Å². The average Bonchev–Trinajstić information content (AvgIpc) is 2.90. The fourth-order valence-electron chi connectivity index (χ4n) is 2.92. The number of hydrogen-bond donors (Lipinski definition) is 3. The van der Waals surface area contributed by atoms with Gasteiger partial charge in [0, 0.05) is 18.3 Å². The normalized spacial score (nSPS) is 27.9. The summed E-state index contributed by atoms with van der Waals surface area (Å²) >= 11 is 9.59. The van der Waals surface area contributed by atoms with Gasteiger partial charge in [0.2, 0.25) is 0 Å². The maximum Gasteiger partial charge on any atom is 0.459 e. The first kappa shape index (κ1) is 24.2. The lowest BCUT2D eigenvalue weighted by molar-refractivity contribution is -0.0427. The molecule has 3 rings (SSSR count). The van der Waals surface area contributed by atoms with Crippen LogP contribution in [0, 0.1) is 0 Å². The molecule has 1 unspecified atom stereocenters. The molecule has 2 heterocycles. The Morgan fingerprint density at radius 1 is 1.35 bits per heavy atom. The maximum absolute atomic E-state index is 13.2. The number of aliphatic hydroxyl groups excluding tert-OH is 1. The van der Waals surface area contributed by atoms with E-state index in [0.717, 1.165) is 10.6 Å². The molecule has 0 amide bonds. The highest BCUT2D eigenvalue weighted by atomic mass is 79.9. The van der Waals surface area contributed by atoms with Crippen molar-refractivity contribution in [3.63, 3.8) is 0 Å². The second kappa shape index (κ2) is 9.58. The molecular formula is C18H22BrClN3O7P. The highest BCUT2D eigenvalue weighted by Gasteiger charge is 2.55. The van der Waals surface area contributed by atoms with E-state index in [0.29, 0.717) is 5.75 Å². The molecule has 0 saturated carbocycles. The van der Waals surface area contributed by atoms with Crippen molar-refractivity contribution in [2.24, 2.45) is 0 Å². The molecule has 5 atom stereocenters. The van der Waals surface area contributed by atoms with E-state index < -0.39 is 41.2 Å². The predicted molar refractivity (Wildman–Crippen MR) is 118 cm³/mol. The third-order valence-corrected chi connectivity index (χ3v) is 7.32. The number of halogens is 2. The lowest BCUT2D eigenvalue weighted by atomic mass is 10.2.